The minimum Gasteiger partial charge on any atom is -0.495 e. The van der Waals surface area contributed by atoms with Crippen molar-refractivity contribution < 1.29 is 19.4 Å². The largest absolute Gasteiger partial charge is 0.495 e. The highest BCUT2D eigenvalue weighted by Crippen LogP contribution is 2.33. The Labute approximate surface area is 123 Å². The summed E-state index contributed by atoms with van der Waals surface area (Å²) in [7, 11) is 1.49. The summed E-state index contributed by atoms with van der Waals surface area (Å²) in [6.45, 7) is 0.288. The fourth-order valence-corrected chi connectivity index (χ4v) is 2.06. The zero-order valence-electron chi connectivity index (χ0n) is 12.0. The summed E-state index contributed by atoms with van der Waals surface area (Å²) in [4.78, 5) is 23.4. The number of aliphatic hydroxyl groups is 1. The number of hydrogen-bond acceptors (Lipinski definition) is 4. The number of amides is 2. The Hall–Kier alpha value is -2.08. The Balaban J connectivity index is 1.77. The lowest BCUT2D eigenvalue weighted by Gasteiger charge is -2.11. The van der Waals surface area contributed by atoms with Gasteiger partial charge in [-0.2, -0.15) is 0 Å². The van der Waals surface area contributed by atoms with Crippen LogP contribution in [0, 0.1) is 5.92 Å². The van der Waals surface area contributed by atoms with Gasteiger partial charge in [-0.3, -0.25) is 9.59 Å². The molecule has 6 heteroatoms. The number of aliphatic hydroxyl groups excluding tert-OH is 1. The number of ether oxygens (including phenoxy) is 1. The molecule has 114 valence electrons. The molecule has 0 aromatic heterocycles. The third kappa shape index (κ3) is 4.46. The number of methoxy groups -OCH3 is 1. The van der Waals surface area contributed by atoms with E-state index in [1.54, 1.807) is 24.3 Å². The van der Waals surface area contributed by atoms with Crippen LogP contribution in [0.3, 0.4) is 0 Å². The highest BCUT2D eigenvalue weighted by molar-refractivity contribution is 6.39. The molecule has 0 bridgehead atoms. The molecular weight excluding hydrogens is 272 g/mol. The lowest BCUT2D eigenvalue weighted by molar-refractivity contribution is -0.136. The van der Waals surface area contributed by atoms with Crippen LogP contribution in [0.25, 0.3) is 0 Å². The average molecular weight is 292 g/mol. The number of nitrogens with one attached hydrogen (secondary N) is 2. The number of carbonyl (C=O) groups excluding carboxylic acids is 2. The third-order valence-corrected chi connectivity index (χ3v) is 3.45. The van der Waals surface area contributed by atoms with E-state index >= 15 is 0 Å². The molecule has 2 rings (SSSR count). The maximum Gasteiger partial charge on any atom is 0.313 e. The van der Waals surface area contributed by atoms with Gasteiger partial charge < -0.3 is 20.5 Å². The SMILES string of the molecule is COc1ccccc1NC(=O)C(=O)NCCC(O)C1CC1. The van der Waals surface area contributed by atoms with Crippen molar-refractivity contribution >= 4 is 17.5 Å². The van der Waals surface area contributed by atoms with Crippen molar-refractivity contribution in [1.82, 2.24) is 5.32 Å². The summed E-state index contributed by atoms with van der Waals surface area (Å²) in [6, 6.07) is 6.86. The maximum absolute atomic E-state index is 11.8. The normalized spacial score (nSPS) is 15.1. The summed E-state index contributed by atoms with van der Waals surface area (Å²) < 4.78 is 5.09. The summed E-state index contributed by atoms with van der Waals surface area (Å²) in [5.74, 6) is -0.614. The maximum atomic E-state index is 11.8. The van der Waals surface area contributed by atoms with E-state index in [1.807, 2.05) is 0 Å². The van der Waals surface area contributed by atoms with Gasteiger partial charge in [0.2, 0.25) is 0 Å². The van der Waals surface area contributed by atoms with E-state index in [9.17, 15) is 14.7 Å². The molecule has 1 fully saturated rings. The number of benzene rings is 1. The minimum atomic E-state index is -0.750. The van der Waals surface area contributed by atoms with Crippen LogP contribution >= 0.6 is 0 Å². The van der Waals surface area contributed by atoms with Gasteiger partial charge >= 0.3 is 11.8 Å². The molecule has 1 aromatic rings. The molecule has 6 nitrogen and oxygen atoms in total. The Morgan fingerprint density at radius 1 is 1.33 bits per heavy atom. The molecule has 1 atom stereocenters. The van der Waals surface area contributed by atoms with Gasteiger partial charge in [-0.1, -0.05) is 12.1 Å². The van der Waals surface area contributed by atoms with Crippen molar-refractivity contribution in [2.45, 2.75) is 25.4 Å². The Bertz CT molecular complexity index is 514. The predicted molar refractivity (Wildman–Crippen MR) is 78.0 cm³/mol. The third-order valence-electron chi connectivity index (χ3n) is 3.45. The predicted octanol–water partition coefficient (Wildman–Crippen LogP) is 0.911. The van der Waals surface area contributed by atoms with Crippen LogP contribution in [-0.4, -0.2) is 36.7 Å². The second kappa shape index (κ2) is 7.08. The molecular formula is C15H20N2O4. The molecule has 0 heterocycles. The highest BCUT2D eigenvalue weighted by atomic mass is 16.5. The van der Waals surface area contributed by atoms with Crippen LogP contribution in [0.2, 0.25) is 0 Å². The number of rotatable bonds is 6. The monoisotopic (exact) mass is 292 g/mol. The quantitative estimate of drug-likeness (QED) is 0.680. The zero-order valence-corrected chi connectivity index (χ0v) is 12.0. The summed E-state index contributed by atoms with van der Waals surface area (Å²) >= 11 is 0. The smallest absolute Gasteiger partial charge is 0.313 e. The first-order chi connectivity index (χ1) is 10.1. The van der Waals surface area contributed by atoms with Crippen molar-refractivity contribution in [2.24, 2.45) is 5.92 Å². The van der Waals surface area contributed by atoms with Crippen LogP contribution < -0.4 is 15.4 Å². The highest BCUT2D eigenvalue weighted by Gasteiger charge is 2.29. The van der Waals surface area contributed by atoms with Crippen LogP contribution in [0.4, 0.5) is 5.69 Å². The first-order valence-corrected chi connectivity index (χ1v) is 7.02. The Morgan fingerprint density at radius 3 is 2.71 bits per heavy atom. The molecule has 1 unspecified atom stereocenters. The van der Waals surface area contributed by atoms with E-state index in [1.165, 1.54) is 7.11 Å². The van der Waals surface area contributed by atoms with Gasteiger partial charge in [0.05, 0.1) is 18.9 Å². The summed E-state index contributed by atoms with van der Waals surface area (Å²) in [6.07, 6.45) is 2.17. The molecule has 0 radical (unpaired) electrons. The van der Waals surface area contributed by atoms with Gasteiger partial charge in [-0.25, -0.2) is 0 Å². The first kappa shape index (κ1) is 15.3. The molecule has 2 amide bonds. The lowest BCUT2D eigenvalue weighted by atomic mass is 10.2. The Kier molecular flexibility index (Phi) is 5.16. The van der Waals surface area contributed by atoms with Gasteiger partial charge in [0.15, 0.2) is 0 Å². The van der Waals surface area contributed by atoms with Crippen LogP contribution in [0.5, 0.6) is 5.75 Å². The van der Waals surface area contributed by atoms with E-state index in [-0.39, 0.29) is 12.6 Å². The Morgan fingerprint density at radius 2 is 2.05 bits per heavy atom. The van der Waals surface area contributed by atoms with Gasteiger partial charge in [0, 0.05) is 6.54 Å². The van der Waals surface area contributed by atoms with E-state index < -0.39 is 11.8 Å². The van der Waals surface area contributed by atoms with Gasteiger partial charge in [0.25, 0.3) is 0 Å². The second-order valence-corrected chi connectivity index (χ2v) is 5.10. The van der Waals surface area contributed by atoms with Crippen molar-refractivity contribution in [3.8, 4) is 5.75 Å². The number of para-hydroxylation sites is 2. The summed E-state index contributed by atoms with van der Waals surface area (Å²) in [5, 5.41) is 14.7. The van der Waals surface area contributed by atoms with Crippen LogP contribution in [0.15, 0.2) is 24.3 Å². The molecule has 1 aliphatic carbocycles. The molecule has 0 aliphatic heterocycles. The van der Waals surface area contributed by atoms with E-state index in [0.29, 0.717) is 23.8 Å². The van der Waals surface area contributed by atoms with Crippen molar-refractivity contribution in [2.75, 3.05) is 19.0 Å². The van der Waals surface area contributed by atoms with Gasteiger partial charge in [-0.05, 0) is 37.3 Å². The van der Waals surface area contributed by atoms with Crippen molar-refractivity contribution in [3.63, 3.8) is 0 Å². The molecule has 1 aliphatic rings. The molecule has 1 saturated carbocycles. The zero-order chi connectivity index (χ0) is 15.2. The average Bonchev–Trinajstić information content (AvgIpc) is 3.32. The van der Waals surface area contributed by atoms with Crippen molar-refractivity contribution in [3.05, 3.63) is 24.3 Å². The van der Waals surface area contributed by atoms with E-state index in [0.717, 1.165) is 12.8 Å². The molecule has 1 aromatic carbocycles. The fourth-order valence-electron chi connectivity index (χ4n) is 2.06. The van der Waals surface area contributed by atoms with Crippen molar-refractivity contribution in [1.29, 1.82) is 0 Å². The standard InChI is InChI=1S/C15H20N2O4/c1-21-13-5-3-2-4-11(13)17-15(20)14(19)16-9-8-12(18)10-6-7-10/h2-5,10,12,18H,6-9H2,1H3,(H,16,19)(H,17,20). The molecule has 21 heavy (non-hydrogen) atoms. The molecule has 0 saturated heterocycles. The number of anilines is 1. The first-order valence-electron chi connectivity index (χ1n) is 7.02. The van der Waals surface area contributed by atoms with Crippen LogP contribution in [0.1, 0.15) is 19.3 Å². The topological polar surface area (TPSA) is 87.7 Å². The van der Waals surface area contributed by atoms with E-state index in [2.05, 4.69) is 10.6 Å². The fraction of sp³-hybridized carbons (Fsp3) is 0.467. The lowest BCUT2D eigenvalue weighted by Crippen LogP contribution is -2.37. The van der Waals surface area contributed by atoms with E-state index in [4.69, 9.17) is 4.74 Å². The molecule has 0 spiro atoms. The molecule has 3 N–H and O–H groups in total. The van der Waals surface area contributed by atoms with Crippen LogP contribution in [-0.2, 0) is 9.59 Å². The number of hydrogen-bond donors (Lipinski definition) is 3. The second-order valence-electron chi connectivity index (χ2n) is 5.10. The van der Waals surface area contributed by atoms with Gasteiger partial charge in [0.1, 0.15) is 5.75 Å². The van der Waals surface area contributed by atoms with Gasteiger partial charge in [-0.15, -0.1) is 0 Å². The number of carbonyl (C=O) groups is 2. The minimum absolute atomic E-state index is 0.288. The summed E-state index contributed by atoms with van der Waals surface area (Å²) in [5.41, 5.74) is 0.443.